The van der Waals surface area contributed by atoms with Crippen molar-refractivity contribution in [2.75, 3.05) is 6.79 Å². The van der Waals surface area contributed by atoms with Gasteiger partial charge in [0.25, 0.3) is 0 Å². The maximum Gasteiger partial charge on any atom is 0.231 e. The first-order valence-corrected chi connectivity index (χ1v) is 2.28. The van der Waals surface area contributed by atoms with E-state index in [2.05, 4.69) is 0 Å². The van der Waals surface area contributed by atoms with E-state index in [1.165, 1.54) is 12.5 Å². The summed E-state index contributed by atoms with van der Waals surface area (Å²) in [6.45, 7) is 0.320. The lowest BCUT2D eigenvalue weighted by molar-refractivity contribution is 0.167. The highest BCUT2D eigenvalue weighted by molar-refractivity contribution is 5.36. The monoisotopic (exact) mass is 112 g/mol. The molecular formula is C5H4O3. The van der Waals surface area contributed by atoms with Crippen LogP contribution in [0.4, 0.5) is 0 Å². The number of hydrogen-bond acceptors (Lipinski definition) is 3. The molecule has 42 valence electrons. The van der Waals surface area contributed by atoms with Gasteiger partial charge in [0.05, 0.1) is 0 Å². The van der Waals surface area contributed by atoms with Crippen LogP contribution in [0.5, 0.6) is 11.5 Å². The molecule has 2 heterocycles. The van der Waals surface area contributed by atoms with Crippen LogP contribution < -0.4 is 9.47 Å². The predicted molar refractivity (Wildman–Crippen MR) is 24.8 cm³/mol. The Labute approximate surface area is 45.8 Å². The second kappa shape index (κ2) is 1.18. The fourth-order valence-electron chi connectivity index (χ4n) is 0.641. The van der Waals surface area contributed by atoms with E-state index in [9.17, 15) is 0 Å². The topological polar surface area (TPSA) is 31.6 Å². The zero-order valence-corrected chi connectivity index (χ0v) is 4.09. The van der Waals surface area contributed by atoms with E-state index < -0.39 is 0 Å². The average Bonchev–Trinajstić information content (AvgIpc) is 2.15. The molecule has 1 aromatic rings. The molecule has 0 unspecified atom stereocenters. The maximum absolute atomic E-state index is 4.92. The Hall–Kier alpha value is -1.12. The molecule has 0 N–H and O–H groups in total. The van der Waals surface area contributed by atoms with E-state index in [1.54, 1.807) is 0 Å². The summed E-state index contributed by atoms with van der Waals surface area (Å²) in [4.78, 5) is 0. The van der Waals surface area contributed by atoms with Gasteiger partial charge in [0.2, 0.25) is 18.3 Å². The number of fused-ring (bicyclic) bond motifs is 1. The minimum atomic E-state index is 0.320. The summed E-state index contributed by atoms with van der Waals surface area (Å²) < 4.78 is 14.6. The van der Waals surface area contributed by atoms with Gasteiger partial charge < -0.3 is 13.9 Å². The third-order valence-corrected chi connectivity index (χ3v) is 1.02. The molecule has 1 aliphatic heterocycles. The molecule has 2 rings (SSSR count). The Bertz CT molecular complexity index is 173. The minimum absolute atomic E-state index is 0.320. The molecule has 1 aromatic heterocycles. The minimum Gasteiger partial charge on any atom is -0.465 e. The van der Waals surface area contributed by atoms with Crippen LogP contribution in [-0.2, 0) is 0 Å². The lowest BCUT2D eigenvalue weighted by atomic mass is 10.6. The number of ether oxygens (including phenoxy) is 2. The van der Waals surface area contributed by atoms with Gasteiger partial charge in [-0.05, 0) is 0 Å². The summed E-state index contributed by atoms with van der Waals surface area (Å²) >= 11 is 0. The van der Waals surface area contributed by atoms with Crippen molar-refractivity contribution in [2.24, 2.45) is 0 Å². The molecule has 8 heavy (non-hydrogen) atoms. The van der Waals surface area contributed by atoms with Crippen LogP contribution >= 0.6 is 0 Å². The van der Waals surface area contributed by atoms with Crippen LogP contribution in [0.2, 0.25) is 0 Å². The van der Waals surface area contributed by atoms with Gasteiger partial charge >= 0.3 is 0 Å². The summed E-state index contributed by atoms with van der Waals surface area (Å²) in [5.41, 5.74) is 0. The Kier molecular flexibility index (Phi) is 0.566. The SMILES string of the molecule is c1occ2c1OCO2. The third-order valence-electron chi connectivity index (χ3n) is 1.02. The molecule has 1 aliphatic rings. The summed E-state index contributed by atoms with van der Waals surface area (Å²) in [7, 11) is 0. The Morgan fingerprint density at radius 1 is 1.12 bits per heavy atom. The van der Waals surface area contributed by atoms with Crippen molar-refractivity contribution in [3.05, 3.63) is 12.5 Å². The molecule has 0 radical (unpaired) electrons. The Morgan fingerprint density at radius 3 is 2.38 bits per heavy atom. The van der Waals surface area contributed by atoms with Crippen molar-refractivity contribution in [1.29, 1.82) is 0 Å². The fraction of sp³-hybridized carbons (Fsp3) is 0.200. The van der Waals surface area contributed by atoms with Crippen molar-refractivity contribution in [3.63, 3.8) is 0 Å². The molecule has 0 saturated heterocycles. The average molecular weight is 112 g/mol. The van der Waals surface area contributed by atoms with Gasteiger partial charge in [0, 0.05) is 0 Å². The highest BCUT2D eigenvalue weighted by Gasteiger charge is 2.13. The first-order valence-electron chi connectivity index (χ1n) is 2.28. The largest absolute Gasteiger partial charge is 0.465 e. The molecule has 0 aliphatic carbocycles. The molecule has 3 heteroatoms. The van der Waals surface area contributed by atoms with Gasteiger partial charge in [-0.3, -0.25) is 0 Å². The highest BCUT2D eigenvalue weighted by Crippen LogP contribution is 2.31. The smallest absolute Gasteiger partial charge is 0.231 e. The van der Waals surface area contributed by atoms with Crippen LogP contribution in [0.3, 0.4) is 0 Å². The quantitative estimate of drug-likeness (QED) is 0.502. The van der Waals surface area contributed by atoms with E-state index in [0.29, 0.717) is 18.3 Å². The zero-order valence-electron chi connectivity index (χ0n) is 4.09. The standard InChI is InChI=1S/C5H4O3/c1-4-5(2-6-1)8-3-7-4/h1-2H,3H2. The summed E-state index contributed by atoms with van der Waals surface area (Å²) in [6.07, 6.45) is 3.03. The Morgan fingerprint density at radius 2 is 1.75 bits per heavy atom. The second-order valence-corrected chi connectivity index (χ2v) is 1.51. The molecule has 0 bridgehead atoms. The molecule has 0 saturated carbocycles. The van der Waals surface area contributed by atoms with Gasteiger partial charge in [-0.25, -0.2) is 0 Å². The van der Waals surface area contributed by atoms with E-state index >= 15 is 0 Å². The van der Waals surface area contributed by atoms with E-state index in [0.717, 1.165) is 0 Å². The van der Waals surface area contributed by atoms with E-state index in [-0.39, 0.29) is 0 Å². The summed E-state index contributed by atoms with van der Waals surface area (Å²) in [5, 5.41) is 0. The highest BCUT2D eigenvalue weighted by atomic mass is 16.7. The fourth-order valence-corrected chi connectivity index (χ4v) is 0.641. The van der Waals surface area contributed by atoms with E-state index in [4.69, 9.17) is 13.9 Å². The normalized spacial score (nSPS) is 14.5. The number of hydrogen-bond donors (Lipinski definition) is 0. The van der Waals surface area contributed by atoms with Crippen molar-refractivity contribution in [3.8, 4) is 11.5 Å². The van der Waals surface area contributed by atoms with Crippen LogP contribution in [0, 0.1) is 0 Å². The Balaban J connectivity index is 2.54. The zero-order chi connectivity index (χ0) is 5.40. The molecular weight excluding hydrogens is 108 g/mol. The van der Waals surface area contributed by atoms with Crippen molar-refractivity contribution in [1.82, 2.24) is 0 Å². The maximum atomic E-state index is 4.92. The van der Waals surface area contributed by atoms with Crippen LogP contribution in [0.25, 0.3) is 0 Å². The molecule has 0 amide bonds. The molecule has 0 fully saturated rings. The number of furan rings is 1. The van der Waals surface area contributed by atoms with Crippen molar-refractivity contribution in [2.45, 2.75) is 0 Å². The first kappa shape index (κ1) is 3.83. The predicted octanol–water partition coefficient (Wildman–Crippen LogP) is 1.01. The first-order chi connectivity index (χ1) is 3.97. The molecule has 0 spiro atoms. The van der Waals surface area contributed by atoms with Crippen LogP contribution in [0.1, 0.15) is 0 Å². The third kappa shape index (κ3) is 0.332. The lowest BCUT2D eigenvalue weighted by Gasteiger charge is -1.86. The van der Waals surface area contributed by atoms with E-state index in [1.807, 2.05) is 0 Å². The van der Waals surface area contributed by atoms with Crippen molar-refractivity contribution < 1.29 is 13.9 Å². The van der Waals surface area contributed by atoms with Crippen molar-refractivity contribution >= 4 is 0 Å². The summed E-state index contributed by atoms with van der Waals surface area (Å²) in [5.74, 6) is 1.40. The molecule has 0 aromatic carbocycles. The summed E-state index contributed by atoms with van der Waals surface area (Å²) in [6, 6.07) is 0. The second-order valence-electron chi connectivity index (χ2n) is 1.51. The molecule has 0 atom stereocenters. The van der Waals surface area contributed by atoms with Gasteiger partial charge in [-0.1, -0.05) is 0 Å². The van der Waals surface area contributed by atoms with Gasteiger partial charge in [0.15, 0.2) is 0 Å². The van der Waals surface area contributed by atoms with Gasteiger partial charge in [-0.15, -0.1) is 0 Å². The van der Waals surface area contributed by atoms with Crippen LogP contribution in [0.15, 0.2) is 16.9 Å². The van der Waals surface area contributed by atoms with Gasteiger partial charge in [-0.2, -0.15) is 0 Å². The lowest BCUT2D eigenvalue weighted by Crippen LogP contribution is -1.93. The number of rotatable bonds is 0. The molecule has 3 nitrogen and oxygen atoms in total. The van der Waals surface area contributed by atoms with Crippen LogP contribution in [-0.4, -0.2) is 6.79 Å². The van der Waals surface area contributed by atoms with Gasteiger partial charge in [0.1, 0.15) is 12.5 Å².